The van der Waals surface area contributed by atoms with Crippen molar-refractivity contribution in [3.8, 4) is 0 Å². The summed E-state index contributed by atoms with van der Waals surface area (Å²) in [5.41, 5.74) is 6.83. The van der Waals surface area contributed by atoms with Gasteiger partial charge in [0.2, 0.25) is 5.16 Å². The van der Waals surface area contributed by atoms with Gasteiger partial charge in [0.25, 0.3) is 0 Å². The molecule has 1 atom stereocenters. The highest BCUT2D eigenvalue weighted by Gasteiger charge is 2.28. The largest absolute Gasteiger partial charge is 0.409 e. The second-order valence-electron chi connectivity index (χ2n) is 4.94. The Morgan fingerprint density at radius 2 is 2.19 bits per heavy atom. The standard InChI is InChI=1S/C13H16N6OS/c14-12(16-20)11(9-4-2-1-3-5-9)8-21-13-15-17-18-19(13)10-6-7-10/h1-5,10-11,20H,6-8H2,(H2,14,16). The molecular formula is C13H16N6OS. The first kappa shape index (κ1) is 13.9. The molecule has 1 fully saturated rings. The Morgan fingerprint density at radius 3 is 2.86 bits per heavy atom. The smallest absolute Gasteiger partial charge is 0.209 e. The number of tetrazole rings is 1. The second-order valence-corrected chi connectivity index (χ2v) is 5.92. The summed E-state index contributed by atoms with van der Waals surface area (Å²) >= 11 is 1.52. The number of benzene rings is 1. The minimum atomic E-state index is -0.175. The van der Waals surface area contributed by atoms with E-state index >= 15 is 0 Å². The predicted molar refractivity (Wildman–Crippen MR) is 79.4 cm³/mol. The third kappa shape index (κ3) is 3.15. The minimum Gasteiger partial charge on any atom is -0.409 e. The van der Waals surface area contributed by atoms with Crippen LogP contribution in [0.25, 0.3) is 0 Å². The van der Waals surface area contributed by atoms with E-state index in [2.05, 4.69) is 20.7 Å². The third-order valence-corrected chi connectivity index (χ3v) is 4.44. The van der Waals surface area contributed by atoms with Crippen molar-refractivity contribution in [3.05, 3.63) is 35.9 Å². The van der Waals surface area contributed by atoms with Gasteiger partial charge in [-0.2, -0.15) is 0 Å². The SMILES string of the molecule is NC(=NO)C(CSc1nnnn1C1CC1)c1ccccc1. The topological polar surface area (TPSA) is 102 Å². The summed E-state index contributed by atoms with van der Waals surface area (Å²) in [5, 5.41) is 24.7. The third-order valence-electron chi connectivity index (χ3n) is 3.41. The van der Waals surface area contributed by atoms with Crippen LogP contribution < -0.4 is 5.73 Å². The van der Waals surface area contributed by atoms with E-state index < -0.39 is 0 Å². The van der Waals surface area contributed by atoms with Crippen LogP contribution in [0.4, 0.5) is 0 Å². The number of hydrogen-bond acceptors (Lipinski definition) is 6. The van der Waals surface area contributed by atoms with E-state index in [1.807, 2.05) is 35.0 Å². The first-order valence-corrected chi connectivity index (χ1v) is 7.71. The quantitative estimate of drug-likeness (QED) is 0.276. The Morgan fingerprint density at radius 1 is 1.43 bits per heavy atom. The maximum absolute atomic E-state index is 8.98. The van der Waals surface area contributed by atoms with Crippen molar-refractivity contribution in [3.63, 3.8) is 0 Å². The summed E-state index contributed by atoms with van der Waals surface area (Å²) in [5.74, 6) is 0.636. The Labute approximate surface area is 126 Å². The summed E-state index contributed by atoms with van der Waals surface area (Å²) in [6.45, 7) is 0. The van der Waals surface area contributed by atoms with Gasteiger partial charge in [-0.3, -0.25) is 0 Å². The summed E-state index contributed by atoms with van der Waals surface area (Å²) in [4.78, 5) is 0. The molecule has 1 unspecified atom stereocenters. The molecule has 8 heteroatoms. The van der Waals surface area contributed by atoms with Crippen LogP contribution in [0, 0.1) is 0 Å². The van der Waals surface area contributed by atoms with E-state index in [0.29, 0.717) is 11.8 Å². The van der Waals surface area contributed by atoms with Crippen LogP contribution in [0.15, 0.2) is 40.6 Å². The van der Waals surface area contributed by atoms with Crippen molar-refractivity contribution in [2.24, 2.45) is 10.9 Å². The van der Waals surface area contributed by atoms with Crippen LogP contribution in [-0.2, 0) is 0 Å². The number of nitrogens with zero attached hydrogens (tertiary/aromatic N) is 5. The average Bonchev–Trinajstić information content (AvgIpc) is 3.27. The highest BCUT2D eigenvalue weighted by Crippen LogP contribution is 2.37. The van der Waals surface area contributed by atoms with Crippen LogP contribution in [0.3, 0.4) is 0 Å². The second kappa shape index (κ2) is 6.13. The zero-order valence-corrected chi connectivity index (χ0v) is 12.1. The van der Waals surface area contributed by atoms with Gasteiger partial charge in [0.05, 0.1) is 12.0 Å². The highest BCUT2D eigenvalue weighted by molar-refractivity contribution is 7.99. The number of hydrogen-bond donors (Lipinski definition) is 2. The zero-order valence-electron chi connectivity index (χ0n) is 11.3. The van der Waals surface area contributed by atoms with Crippen LogP contribution in [0.2, 0.25) is 0 Å². The molecule has 2 aromatic rings. The van der Waals surface area contributed by atoms with Gasteiger partial charge >= 0.3 is 0 Å². The van der Waals surface area contributed by atoms with Gasteiger partial charge in [-0.25, -0.2) is 4.68 Å². The van der Waals surface area contributed by atoms with Gasteiger partial charge in [-0.15, -0.1) is 5.10 Å². The normalized spacial score (nSPS) is 16.9. The van der Waals surface area contributed by atoms with E-state index in [4.69, 9.17) is 10.9 Å². The molecule has 0 amide bonds. The van der Waals surface area contributed by atoms with Crippen molar-refractivity contribution in [2.75, 3.05) is 5.75 Å². The van der Waals surface area contributed by atoms with Gasteiger partial charge in [-0.1, -0.05) is 47.2 Å². The number of amidine groups is 1. The molecule has 3 rings (SSSR count). The molecule has 21 heavy (non-hydrogen) atoms. The number of oxime groups is 1. The zero-order chi connectivity index (χ0) is 14.7. The number of thioether (sulfide) groups is 1. The van der Waals surface area contributed by atoms with Crippen LogP contribution in [0.5, 0.6) is 0 Å². The molecule has 110 valence electrons. The first-order chi connectivity index (χ1) is 10.3. The first-order valence-electron chi connectivity index (χ1n) is 6.72. The molecule has 0 aliphatic heterocycles. The summed E-state index contributed by atoms with van der Waals surface area (Å²) in [7, 11) is 0. The Kier molecular flexibility index (Phi) is 4.05. The van der Waals surface area contributed by atoms with Gasteiger partial charge < -0.3 is 10.9 Å². The number of rotatable bonds is 6. The average molecular weight is 304 g/mol. The molecule has 0 bridgehead atoms. The lowest BCUT2D eigenvalue weighted by atomic mass is 10.0. The number of aromatic nitrogens is 4. The fraction of sp³-hybridized carbons (Fsp3) is 0.385. The number of nitrogens with two attached hydrogens (primary N) is 1. The molecule has 0 radical (unpaired) electrons. The van der Waals surface area contributed by atoms with E-state index in [1.165, 1.54) is 11.8 Å². The molecule has 1 aromatic heterocycles. The van der Waals surface area contributed by atoms with E-state index in [9.17, 15) is 0 Å². The fourth-order valence-corrected chi connectivity index (χ4v) is 3.19. The van der Waals surface area contributed by atoms with Crippen LogP contribution >= 0.6 is 11.8 Å². The van der Waals surface area contributed by atoms with Crippen molar-refractivity contribution in [1.82, 2.24) is 20.2 Å². The van der Waals surface area contributed by atoms with E-state index in [-0.39, 0.29) is 11.8 Å². The Hall–Kier alpha value is -2.09. The molecule has 1 heterocycles. The molecule has 1 saturated carbocycles. The maximum Gasteiger partial charge on any atom is 0.209 e. The van der Waals surface area contributed by atoms with Crippen molar-refractivity contribution < 1.29 is 5.21 Å². The maximum atomic E-state index is 8.98. The minimum absolute atomic E-state index is 0.175. The van der Waals surface area contributed by atoms with Gasteiger partial charge in [0.15, 0.2) is 0 Å². The summed E-state index contributed by atoms with van der Waals surface area (Å²) in [6, 6.07) is 10.2. The van der Waals surface area contributed by atoms with Crippen molar-refractivity contribution in [1.29, 1.82) is 0 Å². The molecule has 0 saturated heterocycles. The molecule has 7 nitrogen and oxygen atoms in total. The summed E-state index contributed by atoms with van der Waals surface area (Å²) < 4.78 is 1.86. The molecule has 1 aromatic carbocycles. The van der Waals surface area contributed by atoms with Crippen LogP contribution in [-0.4, -0.2) is 37.0 Å². The van der Waals surface area contributed by atoms with E-state index in [1.54, 1.807) is 0 Å². The van der Waals surface area contributed by atoms with Gasteiger partial charge in [0.1, 0.15) is 5.84 Å². The van der Waals surface area contributed by atoms with Crippen molar-refractivity contribution >= 4 is 17.6 Å². The lowest BCUT2D eigenvalue weighted by Crippen LogP contribution is -2.24. The Bertz CT molecular complexity index is 625. The summed E-state index contributed by atoms with van der Waals surface area (Å²) in [6.07, 6.45) is 2.25. The lowest BCUT2D eigenvalue weighted by molar-refractivity contribution is 0.316. The van der Waals surface area contributed by atoms with Crippen molar-refractivity contribution in [2.45, 2.75) is 30.0 Å². The van der Waals surface area contributed by atoms with E-state index in [0.717, 1.165) is 23.6 Å². The molecule has 1 aliphatic rings. The lowest BCUT2D eigenvalue weighted by Gasteiger charge is -2.15. The van der Waals surface area contributed by atoms with Crippen LogP contribution in [0.1, 0.15) is 30.4 Å². The monoisotopic (exact) mass is 304 g/mol. The fourth-order valence-electron chi connectivity index (χ4n) is 2.09. The molecule has 0 spiro atoms. The Balaban J connectivity index is 1.74. The predicted octanol–water partition coefficient (Wildman–Crippen LogP) is 1.63. The molecule has 3 N–H and O–H groups in total. The van der Waals surface area contributed by atoms with Gasteiger partial charge in [0, 0.05) is 5.75 Å². The molecular weight excluding hydrogens is 288 g/mol. The van der Waals surface area contributed by atoms with Gasteiger partial charge in [-0.05, 0) is 28.8 Å². The highest BCUT2D eigenvalue weighted by atomic mass is 32.2. The molecule has 1 aliphatic carbocycles.